The lowest BCUT2D eigenvalue weighted by Gasteiger charge is -2.44. The summed E-state index contributed by atoms with van der Waals surface area (Å²) in [6.45, 7) is 7.18. The van der Waals surface area contributed by atoms with Crippen molar-refractivity contribution in [1.82, 2.24) is 0 Å². The number of aryl methyl sites for hydroxylation is 2. The maximum atomic E-state index is 2.55. The first kappa shape index (κ1) is 30.9. The molecule has 0 saturated carbocycles. The van der Waals surface area contributed by atoms with Crippen LogP contribution >= 0.6 is 0 Å². The van der Waals surface area contributed by atoms with E-state index in [0.29, 0.717) is 0 Å². The number of fused-ring (bicyclic) bond motifs is 3. The Morgan fingerprint density at radius 3 is 2.08 bits per heavy atom. The van der Waals surface area contributed by atoms with Gasteiger partial charge in [0.15, 0.2) is 0 Å². The van der Waals surface area contributed by atoms with Crippen LogP contribution in [-0.2, 0) is 18.3 Å². The average molecular weight is 668 g/mol. The second-order valence-corrected chi connectivity index (χ2v) is 15.2. The fourth-order valence-corrected chi connectivity index (χ4v) is 9.44. The minimum absolute atomic E-state index is 0.224. The molecule has 0 saturated heterocycles. The number of rotatable bonds is 5. The number of benzene rings is 8. The topological polar surface area (TPSA) is 3.24 Å². The molecule has 8 aromatic carbocycles. The third kappa shape index (κ3) is 4.62. The molecule has 1 aliphatic carbocycles. The van der Waals surface area contributed by atoms with Crippen LogP contribution in [0.5, 0.6) is 0 Å². The van der Waals surface area contributed by atoms with Crippen molar-refractivity contribution >= 4 is 65.7 Å². The van der Waals surface area contributed by atoms with Gasteiger partial charge in [-0.2, -0.15) is 0 Å². The summed E-state index contributed by atoms with van der Waals surface area (Å²) in [6.07, 6.45) is 11.9. The van der Waals surface area contributed by atoms with Crippen LogP contribution in [-0.4, -0.2) is 0 Å². The van der Waals surface area contributed by atoms with Gasteiger partial charge in [0.05, 0.1) is 17.1 Å². The highest BCUT2D eigenvalue weighted by Gasteiger charge is 2.40. The molecule has 1 heterocycles. The molecule has 0 N–H and O–H groups in total. The Morgan fingerprint density at radius 1 is 0.538 bits per heavy atom. The smallest absolute Gasteiger partial charge is 0.0540 e. The average Bonchev–Trinajstić information content (AvgIpc) is 3.40. The Kier molecular flexibility index (Phi) is 7.02. The molecule has 0 radical (unpaired) electrons. The van der Waals surface area contributed by atoms with Gasteiger partial charge in [0.1, 0.15) is 0 Å². The van der Waals surface area contributed by atoms with Gasteiger partial charge in [0, 0.05) is 10.8 Å². The van der Waals surface area contributed by atoms with E-state index in [1.807, 2.05) is 0 Å². The van der Waals surface area contributed by atoms with Crippen molar-refractivity contribution in [3.05, 3.63) is 191 Å². The first-order chi connectivity index (χ1) is 25.5. The number of hydrogen-bond acceptors (Lipinski definition) is 1. The van der Waals surface area contributed by atoms with Crippen molar-refractivity contribution in [2.24, 2.45) is 0 Å². The number of anilines is 3. The van der Waals surface area contributed by atoms with Crippen molar-refractivity contribution < 1.29 is 0 Å². The van der Waals surface area contributed by atoms with Crippen LogP contribution < -0.4 is 4.90 Å². The third-order valence-corrected chi connectivity index (χ3v) is 11.9. The lowest BCUT2D eigenvalue weighted by molar-refractivity contribution is 0.628. The Hall–Kier alpha value is -5.92. The SMILES string of the molecule is CC1=C(c2c(CCc3ccc4ccc5cccc6ccc3c4c56)ccc3c2C(C)(C)c2ccccc2N3c2cccc3ccccc23)CC=CC=C1. The third-order valence-electron chi connectivity index (χ3n) is 11.9. The molecule has 8 aromatic rings. The molecule has 10 rings (SSSR count). The zero-order valence-corrected chi connectivity index (χ0v) is 30.1. The van der Waals surface area contributed by atoms with Gasteiger partial charge in [0.2, 0.25) is 0 Å². The van der Waals surface area contributed by atoms with E-state index in [2.05, 4.69) is 183 Å². The number of para-hydroxylation sites is 1. The zero-order valence-electron chi connectivity index (χ0n) is 30.1. The molecule has 1 nitrogen and oxygen atoms in total. The quantitative estimate of drug-likeness (QED) is 0.165. The summed E-state index contributed by atoms with van der Waals surface area (Å²) < 4.78 is 0. The van der Waals surface area contributed by atoms with Gasteiger partial charge in [-0.1, -0.05) is 153 Å². The summed E-state index contributed by atoms with van der Waals surface area (Å²) in [5.74, 6) is 0. The van der Waals surface area contributed by atoms with Gasteiger partial charge in [-0.05, 0) is 121 Å². The Morgan fingerprint density at radius 2 is 1.19 bits per heavy atom. The van der Waals surface area contributed by atoms with Crippen LogP contribution in [0.25, 0.3) is 48.7 Å². The van der Waals surface area contributed by atoms with Gasteiger partial charge in [0.25, 0.3) is 0 Å². The van der Waals surface area contributed by atoms with E-state index in [9.17, 15) is 0 Å². The summed E-state index contributed by atoms with van der Waals surface area (Å²) in [5, 5.41) is 10.7. The molecule has 52 heavy (non-hydrogen) atoms. The largest absolute Gasteiger partial charge is 0.309 e. The van der Waals surface area contributed by atoms with Crippen LogP contribution in [0.2, 0.25) is 0 Å². The minimum Gasteiger partial charge on any atom is -0.309 e. The highest BCUT2D eigenvalue weighted by molar-refractivity contribution is 6.23. The molecular formula is C51H41N. The predicted octanol–water partition coefficient (Wildman–Crippen LogP) is 13.9. The highest BCUT2D eigenvalue weighted by atomic mass is 15.2. The first-order valence-electron chi connectivity index (χ1n) is 18.7. The molecule has 0 unspecified atom stereocenters. The standard InChI is InChI=1S/C51H41N/c1-33-13-5-4-6-18-40(33)49-39(26-24-35-23-25-38-28-27-36-16-11-17-37-29-31-42(35)48(38)47(36)37)30-32-46-50(49)51(2,3)43-20-9-10-21-45(43)52(46)44-22-12-15-34-14-7-8-19-41(34)44/h4-17,19-23,25,27-32H,18,24,26H2,1-3H3. The van der Waals surface area contributed by atoms with Crippen LogP contribution in [0.4, 0.5) is 17.1 Å². The first-order valence-corrected chi connectivity index (χ1v) is 18.7. The van der Waals surface area contributed by atoms with Gasteiger partial charge in [-0.25, -0.2) is 0 Å². The van der Waals surface area contributed by atoms with Crippen molar-refractivity contribution in [2.45, 2.75) is 45.4 Å². The molecule has 0 aromatic heterocycles. The van der Waals surface area contributed by atoms with Crippen LogP contribution in [0.15, 0.2) is 163 Å². The normalized spacial score (nSPS) is 15.2. The number of allylic oxidation sites excluding steroid dienone is 6. The van der Waals surface area contributed by atoms with Crippen molar-refractivity contribution in [2.75, 3.05) is 4.90 Å². The van der Waals surface area contributed by atoms with Gasteiger partial charge >= 0.3 is 0 Å². The van der Waals surface area contributed by atoms with Crippen molar-refractivity contribution in [3.63, 3.8) is 0 Å². The second kappa shape index (κ2) is 11.8. The molecular weight excluding hydrogens is 627 g/mol. The highest BCUT2D eigenvalue weighted by Crippen LogP contribution is 2.56. The van der Waals surface area contributed by atoms with E-state index in [1.54, 1.807) is 0 Å². The van der Waals surface area contributed by atoms with E-state index in [1.165, 1.54) is 99.1 Å². The monoisotopic (exact) mass is 667 g/mol. The van der Waals surface area contributed by atoms with Crippen molar-refractivity contribution in [3.8, 4) is 0 Å². The summed E-state index contributed by atoms with van der Waals surface area (Å²) in [5.41, 5.74) is 13.4. The fourth-order valence-electron chi connectivity index (χ4n) is 9.44. The summed E-state index contributed by atoms with van der Waals surface area (Å²) in [6, 6.07) is 50.1. The molecule has 1 heteroatoms. The maximum absolute atomic E-state index is 2.55. The molecule has 0 amide bonds. The molecule has 1 aliphatic heterocycles. The Bertz CT molecular complexity index is 2790. The van der Waals surface area contributed by atoms with E-state index >= 15 is 0 Å². The second-order valence-electron chi connectivity index (χ2n) is 15.2. The zero-order chi connectivity index (χ0) is 35.0. The van der Waals surface area contributed by atoms with E-state index in [0.717, 1.165) is 19.3 Å². The summed E-state index contributed by atoms with van der Waals surface area (Å²) in [7, 11) is 0. The van der Waals surface area contributed by atoms with E-state index in [4.69, 9.17) is 0 Å². The molecule has 2 aliphatic rings. The van der Waals surface area contributed by atoms with E-state index < -0.39 is 0 Å². The predicted molar refractivity (Wildman–Crippen MR) is 224 cm³/mol. The molecule has 0 spiro atoms. The van der Waals surface area contributed by atoms with Gasteiger partial charge in [-0.3, -0.25) is 0 Å². The van der Waals surface area contributed by atoms with Crippen LogP contribution in [0, 0.1) is 0 Å². The molecule has 0 fully saturated rings. The number of nitrogens with zero attached hydrogens (tertiary/aromatic N) is 1. The fraction of sp³-hybridized carbons (Fsp3) is 0.137. The molecule has 0 bridgehead atoms. The van der Waals surface area contributed by atoms with Crippen molar-refractivity contribution in [1.29, 1.82) is 0 Å². The lowest BCUT2D eigenvalue weighted by atomic mass is 9.69. The summed E-state index contributed by atoms with van der Waals surface area (Å²) >= 11 is 0. The minimum atomic E-state index is -0.224. The van der Waals surface area contributed by atoms with E-state index in [-0.39, 0.29) is 5.41 Å². The summed E-state index contributed by atoms with van der Waals surface area (Å²) in [4.78, 5) is 2.55. The number of hydrogen-bond donors (Lipinski definition) is 0. The molecule has 250 valence electrons. The van der Waals surface area contributed by atoms with Gasteiger partial charge < -0.3 is 4.90 Å². The maximum Gasteiger partial charge on any atom is 0.0540 e. The van der Waals surface area contributed by atoms with Gasteiger partial charge in [-0.15, -0.1) is 0 Å². The molecule has 0 atom stereocenters. The van der Waals surface area contributed by atoms with Crippen LogP contribution in [0.3, 0.4) is 0 Å². The Balaban J connectivity index is 1.19. The lowest BCUT2D eigenvalue weighted by Crippen LogP contribution is -2.32. The van der Waals surface area contributed by atoms with Crippen LogP contribution in [0.1, 0.15) is 55.0 Å². The Labute approximate surface area is 306 Å².